The number of nitrogens with one attached hydrogen (secondary N) is 2. The number of para-hydroxylation sites is 1. The Labute approximate surface area is 182 Å². The van der Waals surface area contributed by atoms with Crippen molar-refractivity contribution in [3.05, 3.63) is 36.0 Å². The molecule has 1 heterocycles. The van der Waals surface area contributed by atoms with Crippen molar-refractivity contribution < 1.29 is 19.4 Å². The number of hydrogen-bond acceptors (Lipinski definition) is 3. The summed E-state index contributed by atoms with van der Waals surface area (Å²) >= 11 is 0. The number of alkyl carbamates (subject to hydrolysis) is 1. The van der Waals surface area contributed by atoms with E-state index in [0.717, 1.165) is 28.3 Å². The third kappa shape index (κ3) is 3.81. The summed E-state index contributed by atoms with van der Waals surface area (Å²) < 4.78 is 5.93. The van der Waals surface area contributed by atoms with Crippen LogP contribution in [-0.2, 0) is 16.0 Å². The first-order valence-electron chi connectivity index (χ1n) is 11.6. The number of H-pyrrole nitrogens is 1. The zero-order valence-electron chi connectivity index (χ0n) is 18.3. The van der Waals surface area contributed by atoms with Crippen LogP contribution in [0.5, 0.6) is 0 Å². The Hall–Kier alpha value is -2.50. The molecule has 1 aromatic heterocycles. The van der Waals surface area contributed by atoms with E-state index in [4.69, 9.17) is 4.74 Å². The fraction of sp³-hybridized carbons (Fsp3) is 0.600. The summed E-state index contributed by atoms with van der Waals surface area (Å²) in [6.45, 7) is 4.02. The van der Waals surface area contributed by atoms with Crippen molar-refractivity contribution >= 4 is 23.0 Å². The first-order valence-corrected chi connectivity index (χ1v) is 11.6. The van der Waals surface area contributed by atoms with Gasteiger partial charge in [-0.05, 0) is 81.3 Å². The lowest BCUT2D eigenvalue weighted by atomic mass is 9.49. The van der Waals surface area contributed by atoms with Crippen LogP contribution in [0.4, 0.5) is 4.79 Å². The van der Waals surface area contributed by atoms with Gasteiger partial charge in [-0.3, -0.25) is 0 Å². The summed E-state index contributed by atoms with van der Waals surface area (Å²) in [4.78, 5) is 27.8. The highest BCUT2D eigenvalue weighted by Crippen LogP contribution is 2.59. The van der Waals surface area contributed by atoms with E-state index in [0.29, 0.717) is 17.8 Å². The lowest BCUT2D eigenvalue weighted by Crippen LogP contribution is -2.55. The van der Waals surface area contributed by atoms with Crippen LogP contribution in [-0.4, -0.2) is 33.8 Å². The Morgan fingerprint density at radius 1 is 1.13 bits per heavy atom. The molecule has 0 radical (unpaired) electrons. The number of carboxylic acids is 1. The fourth-order valence-corrected chi connectivity index (χ4v) is 7.26. The van der Waals surface area contributed by atoms with E-state index < -0.39 is 23.7 Å². The van der Waals surface area contributed by atoms with E-state index in [2.05, 4.69) is 10.3 Å². The monoisotopic (exact) mass is 424 g/mol. The molecular formula is C25H32N2O4. The fourth-order valence-electron chi connectivity index (χ4n) is 7.26. The summed E-state index contributed by atoms with van der Waals surface area (Å²) in [6.07, 6.45) is 7.78. The molecule has 2 aromatic rings. The first-order chi connectivity index (χ1) is 14.8. The van der Waals surface area contributed by atoms with Gasteiger partial charge >= 0.3 is 12.1 Å². The van der Waals surface area contributed by atoms with Gasteiger partial charge in [-0.25, -0.2) is 9.59 Å². The molecule has 4 saturated carbocycles. The number of carbonyl (C=O) groups is 2. The van der Waals surface area contributed by atoms with Gasteiger partial charge in [-0.2, -0.15) is 0 Å². The second kappa shape index (κ2) is 7.57. The summed E-state index contributed by atoms with van der Waals surface area (Å²) in [6, 6.07) is 6.71. The molecule has 4 aliphatic rings. The van der Waals surface area contributed by atoms with E-state index in [1.807, 2.05) is 44.3 Å². The molecule has 1 amide bonds. The molecule has 4 fully saturated rings. The van der Waals surface area contributed by atoms with Crippen molar-refractivity contribution in [3.8, 4) is 0 Å². The molecule has 6 heteroatoms. The normalized spacial score (nSPS) is 30.3. The van der Waals surface area contributed by atoms with Gasteiger partial charge in [-0.15, -0.1) is 0 Å². The zero-order valence-corrected chi connectivity index (χ0v) is 18.3. The Morgan fingerprint density at radius 3 is 2.42 bits per heavy atom. The second-order valence-electron chi connectivity index (χ2n) is 10.5. The number of aliphatic carboxylic acids is 1. The van der Waals surface area contributed by atoms with Crippen LogP contribution >= 0.6 is 0 Å². The number of fused-ring (bicyclic) bond motifs is 1. The number of aromatic amines is 1. The van der Waals surface area contributed by atoms with Gasteiger partial charge in [0.15, 0.2) is 0 Å². The Bertz CT molecular complexity index is 966. The largest absolute Gasteiger partial charge is 0.480 e. The summed E-state index contributed by atoms with van der Waals surface area (Å²) in [5, 5.41) is 13.3. The van der Waals surface area contributed by atoms with Gasteiger partial charge in [0, 0.05) is 29.4 Å². The van der Waals surface area contributed by atoms with Crippen LogP contribution in [0.3, 0.4) is 0 Å². The topological polar surface area (TPSA) is 91.4 Å². The molecule has 0 saturated heterocycles. The molecule has 166 valence electrons. The van der Waals surface area contributed by atoms with Crippen molar-refractivity contribution in [2.24, 2.45) is 29.6 Å². The van der Waals surface area contributed by atoms with Gasteiger partial charge in [0.05, 0.1) is 0 Å². The number of carboxylic acid groups (broad SMARTS) is 1. The van der Waals surface area contributed by atoms with Crippen molar-refractivity contribution in [1.29, 1.82) is 0 Å². The SMILES string of the molecule is CC(C)(OC(=O)NC(Cc1c[nH]c2ccccc12)C(=O)O)C1C2CC3CC(C2)CC1C3. The highest BCUT2D eigenvalue weighted by molar-refractivity contribution is 5.85. The average Bonchev–Trinajstić information content (AvgIpc) is 3.09. The van der Waals surface area contributed by atoms with Crippen LogP contribution in [0.1, 0.15) is 51.5 Å². The van der Waals surface area contributed by atoms with E-state index in [-0.39, 0.29) is 6.42 Å². The van der Waals surface area contributed by atoms with Gasteiger partial charge in [-0.1, -0.05) is 18.2 Å². The quantitative estimate of drug-likeness (QED) is 0.625. The maximum absolute atomic E-state index is 12.8. The van der Waals surface area contributed by atoms with E-state index in [9.17, 15) is 14.7 Å². The van der Waals surface area contributed by atoms with E-state index >= 15 is 0 Å². The maximum atomic E-state index is 12.8. The van der Waals surface area contributed by atoms with Crippen molar-refractivity contribution in [3.63, 3.8) is 0 Å². The van der Waals surface area contributed by atoms with Crippen molar-refractivity contribution in [1.82, 2.24) is 10.3 Å². The number of hydrogen-bond donors (Lipinski definition) is 3. The third-order valence-corrected chi connectivity index (χ3v) is 8.07. The number of rotatable bonds is 6. The van der Waals surface area contributed by atoms with Gasteiger partial charge in [0.25, 0.3) is 0 Å². The molecule has 4 bridgehead atoms. The molecule has 0 aliphatic heterocycles. The highest BCUT2D eigenvalue weighted by Gasteiger charge is 2.54. The second-order valence-corrected chi connectivity index (χ2v) is 10.5. The van der Waals surface area contributed by atoms with Crippen molar-refractivity contribution in [2.45, 2.75) is 64.0 Å². The van der Waals surface area contributed by atoms with Gasteiger partial charge < -0.3 is 20.1 Å². The smallest absolute Gasteiger partial charge is 0.408 e. The predicted octanol–water partition coefficient (Wildman–Crippen LogP) is 4.74. The maximum Gasteiger partial charge on any atom is 0.408 e. The van der Waals surface area contributed by atoms with Gasteiger partial charge in [0.1, 0.15) is 11.6 Å². The molecule has 3 N–H and O–H groups in total. The van der Waals surface area contributed by atoms with Crippen molar-refractivity contribution in [2.75, 3.05) is 0 Å². The molecule has 31 heavy (non-hydrogen) atoms. The van der Waals surface area contributed by atoms with Crippen LogP contribution in [0, 0.1) is 29.6 Å². The molecule has 4 aliphatic carbocycles. The Morgan fingerprint density at radius 2 is 1.77 bits per heavy atom. The molecule has 1 aromatic carbocycles. The Balaban J connectivity index is 1.26. The summed E-state index contributed by atoms with van der Waals surface area (Å²) in [5.74, 6) is 2.27. The minimum absolute atomic E-state index is 0.201. The lowest BCUT2D eigenvalue weighted by molar-refractivity contribution is -0.141. The number of carbonyl (C=O) groups excluding carboxylic acids is 1. The summed E-state index contributed by atoms with van der Waals surface area (Å²) in [5.41, 5.74) is 1.21. The molecule has 6 nitrogen and oxygen atoms in total. The minimum Gasteiger partial charge on any atom is -0.480 e. The molecular weight excluding hydrogens is 392 g/mol. The number of ether oxygens (including phenoxy) is 1. The van der Waals surface area contributed by atoms with Crippen LogP contribution < -0.4 is 5.32 Å². The van der Waals surface area contributed by atoms with Gasteiger partial charge in [0.2, 0.25) is 0 Å². The van der Waals surface area contributed by atoms with Crippen LogP contribution in [0.25, 0.3) is 10.9 Å². The van der Waals surface area contributed by atoms with E-state index in [1.54, 1.807) is 0 Å². The third-order valence-electron chi connectivity index (χ3n) is 8.07. The minimum atomic E-state index is -1.06. The zero-order chi connectivity index (χ0) is 21.8. The Kier molecular flexibility index (Phi) is 4.98. The summed E-state index contributed by atoms with van der Waals surface area (Å²) in [7, 11) is 0. The van der Waals surface area contributed by atoms with Crippen LogP contribution in [0.15, 0.2) is 30.5 Å². The molecule has 1 atom stereocenters. The highest BCUT2D eigenvalue weighted by atomic mass is 16.6. The lowest BCUT2D eigenvalue weighted by Gasteiger charge is -2.58. The standard InChI is InChI=1S/C25H32N2O4/c1-25(2,22-16-8-14-7-15(10-16)11-17(22)9-14)31-24(30)27-21(23(28)29)12-18-13-26-20-6-4-3-5-19(18)20/h3-6,13-17,21-22,26H,7-12H2,1-2H3,(H,27,30)(H,28,29). The number of benzene rings is 1. The predicted molar refractivity (Wildman–Crippen MR) is 118 cm³/mol. The number of amides is 1. The van der Waals surface area contributed by atoms with E-state index in [1.165, 1.54) is 32.1 Å². The molecule has 6 rings (SSSR count). The molecule has 0 spiro atoms. The first kappa shape index (κ1) is 20.4. The number of aromatic nitrogens is 1. The average molecular weight is 425 g/mol. The molecule has 1 unspecified atom stereocenters. The van der Waals surface area contributed by atoms with Crippen LogP contribution in [0.2, 0.25) is 0 Å².